The van der Waals surface area contributed by atoms with Gasteiger partial charge in [-0.05, 0) is 12.1 Å². The number of rotatable bonds is 3. The number of aromatic nitrogens is 2. The van der Waals surface area contributed by atoms with Crippen molar-refractivity contribution in [3.8, 4) is 11.5 Å². The molecule has 104 valence electrons. The van der Waals surface area contributed by atoms with Gasteiger partial charge in [-0.3, -0.25) is 9.89 Å². The number of nitrogens with zero attached hydrogens (tertiary/aromatic N) is 2. The lowest BCUT2D eigenvalue weighted by Gasteiger charge is -2.23. The third-order valence-corrected chi connectivity index (χ3v) is 3.12. The zero-order chi connectivity index (χ0) is 13.9. The van der Waals surface area contributed by atoms with E-state index in [-0.39, 0.29) is 5.91 Å². The van der Waals surface area contributed by atoms with Crippen LogP contribution in [0.1, 0.15) is 15.9 Å². The van der Waals surface area contributed by atoms with Gasteiger partial charge < -0.3 is 14.4 Å². The van der Waals surface area contributed by atoms with Crippen molar-refractivity contribution in [2.75, 3.05) is 20.3 Å². The fourth-order valence-corrected chi connectivity index (χ4v) is 2.16. The third kappa shape index (κ3) is 2.32. The maximum absolute atomic E-state index is 12.5. The summed E-state index contributed by atoms with van der Waals surface area (Å²) in [6, 6.07) is 5.36. The molecule has 1 aromatic heterocycles. The van der Waals surface area contributed by atoms with E-state index in [1.807, 2.05) is 0 Å². The summed E-state index contributed by atoms with van der Waals surface area (Å²) in [7, 11) is 1.75. The van der Waals surface area contributed by atoms with E-state index in [4.69, 9.17) is 9.47 Å². The predicted octanol–water partition coefficient (Wildman–Crippen LogP) is 1.45. The van der Waals surface area contributed by atoms with Crippen molar-refractivity contribution in [1.82, 2.24) is 15.1 Å². The number of hydrogen-bond acceptors (Lipinski definition) is 4. The Balaban J connectivity index is 1.83. The molecule has 6 nitrogen and oxygen atoms in total. The summed E-state index contributed by atoms with van der Waals surface area (Å²) < 4.78 is 11.1. The Bertz CT molecular complexity index is 610. The highest BCUT2D eigenvalue weighted by molar-refractivity contribution is 5.97. The minimum Gasteiger partial charge on any atom is -0.486 e. The Morgan fingerprint density at radius 1 is 1.40 bits per heavy atom. The maximum Gasteiger partial charge on any atom is 0.257 e. The Morgan fingerprint density at radius 2 is 2.25 bits per heavy atom. The number of H-pyrrole nitrogens is 1. The minimum atomic E-state index is -0.103. The largest absolute Gasteiger partial charge is 0.486 e. The number of para-hydroxylation sites is 1. The predicted molar refractivity (Wildman–Crippen MR) is 71.8 cm³/mol. The Morgan fingerprint density at radius 3 is 3.05 bits per heavy atom. The first kappa shape index (κ1) is 12.5. The monoisotopic (exact) mass is 273 g/mol. The van der Waals surface area contributed by atoms with Gasteiger partial charge in [0.15, 0.2) is 11.5 Å². The van der Waals surface area contributed by atoms with E-state index in [0.717, 1.165) is 5.56 Å². The zero-order valence-corrected chi connectivity index (χ0v) is 11.1. The summed E-state index contributed by atoms with van der Waals surface area (Å²) in [6.07, 6.45) is 3.47. The van der Waals surface area contributed by atoms with Gasteiger partial charge in [-0.25, -0.2) is 0 Å². The molecule has 1 aliphatic heterocycles. The van der Waals surface area contributed by atoms with Gasteiger partial charge in [0.25, 0.3) is 5.91 Å². The highest BCUT2D eigenvalue weighted by Gasteiger charge is 2.22. The van der Waals surface area contributed by atoms with Crippen molar-refractivity contribution in [3.05, 3.63) is 41.7 Å². The van der Waals surface area contributed by atoms with Gasteiger partial charge in [0.05, 0.1) is 11.8 Å². The number of carbonyl (C=O) groups is 1. The lowest BCUT2D eigenvalue weighted by atomic mass is 10.1. The molecular weight excluding hydrogens is 258 g/mol. The van der Waals surface area contributed by atoms with Crippen LogP contribution in [-0.2, 0) is 6.54 Å². The minimum absolute atomic E-state index is 0.103. The van der Waals surface area contributed by atoms with Crippen LogP contribution in [-0.4, -0.2) is 41.3 Å². The molecule has 0 bridgehead atoms. The number of benzene rings is 1. The van der Waals surface area contributed by atoms with Crippen LogP contribution in [0.25, 0.3) is 0 Å². The van der Waals surface area contributed by atoms with Gasteiger partial charge in [0.2, 0.25) is 0 Å². The zero-order valence-electron chi connectivity index (χ0n) is 11.1. The molecule has 0 saturated heterocycles. The van der Waals surface area contributed by atoms with E-state index in [0.29, 0.717) is 36.8 Å². The van der Waals surface area contributed by atoms with Gasteiger partial charge in [0.1, 0.15) is 13.2 Å². The van der Waals surface area contributed by atoms with E-state index in [1.54, 1.807) is 42.5 Å². The number of aromatic amines is 1. The molecule has 1 N–H and O–H groups in total. The molecule has 1 aromatic carbocycles. The van der Waals surface area contributed by atoms with Crippen LogP contribution in [0.5, 0.6) is 11.5 Å². The van der Waals surface area contributed by atoms with Crippen molar-refractivity contribution in [3.63, 3.8) is 0 Å². The first-order chi connectivity index (χ1) is 9.75. The lowest BCUT2D eigenvalue weighted by molar-refractivity contribution is 0.0774. The van der Waals surface area contributed by atoms with Crippen LogP contribution < -0.4 is 9.47 Å². The smallest absolute Gasteiger partial charge is 0.257 e. The van der Waals surface area contributed by atoms with Gasteiger partial charge in [-0.15, -0.1) is 0 Å². The van der Waals surface area contributed by atoms with Crippen molar-refractivity contribution in [2.24, 2.45) is 0 Å². The summed E-state index contributed by atoms with van der Waals surface area (Å²) in [6.45, 7) is 1.46. The fourth-order valence-electron chi connectivity index (χ4n) is 2.16. The number of carbonyl (C=O) groups excluding carboxylic acids is 1. The van der Waals surface area contributed by atoms with E-state index in [1.165, 1.54) is 0 Å². The molecule has 0 saturated carbocycles. The van der Waals surface area contributed by atoms with E-state index in [9.17, 15) is 4.79 Å². The molecule has 1 amide bonds. The number of hydrogen-bond donors (Lipinski definition) is 1. The number of fused-ring (bicyclic) bond motifs is 1. The van der Waals surface area contributed by atoms with Gasteiger partial charge >= 0.3 is 0 Å². The molecule has 0 spiro atoms. The van der Waals surface area contributed by atoms with Crippen LogP contribution in [0.3, 0.4) is 0 Å². The van der Waals surface area contributed by atoms with E-state index in [2.05, 4.69) is 10.2 Å². The van der Waals surface area contributed by atoms with Crippen molar-refractivity contribution in [2.45, 2.75) is 6.54 Å². The molecule has 1 aliphatic rings. The van der Waals surface area contributed by atoms with Crippen LogP contribution in [0.4, 0.5) is 0 Å². The quantitative estimate of drug-likeness (QED) is 0.919. The second-order valence-electron chi connectivity index (χ2n) is 4.60. The molecule has 2 heterocycles. The van der Waals surface area contributed by atoms with E-state index >= 15 is 0 Å². The average Bonchev–Trinajstić information content (AvgIpc) is 2.99. The molecule has 20 heavy (non-hydrogen) atoms. The summed E-state index contributed by atoms with van der Waals surface area (Å²) in [5, 5.41) is 6.60. The van der Waals surface area contributed by atoms with Gasteiger partial charge in [-0.1, -0.05) is 6.07 Å². The van der Waals surface area contributed by atoms with Crippen molar-refractivity contribution in [1.29, 1.82) is 0 Å². The molecule has 0 unspecified atom stereocenters. The number of ether oxygens (including phenoxy) is 2. The summed E-state index contributed by atoms with van der Waals surface area (Å²) in [5.74, 6) is 1.05. The van der Waals surface area contributed by atoms with Crippen molar-refractivity contribution >= 4 is 5.91 Å². The Hall–Kier alpha value is -2.50. The molecule has 0 aliphatic carbocycles. The van der Waals surface area contributed by atoms with Gasteiger partial charge in [-0.2, -0.15) is 5.10 Å². The standard InChI is InChI=1S/C14H15N3O3/c1-17(9-10-7-15-16-8-10)14(18)11-3-2-4-12-13(11)20-6-5-19-12/h2-4,7-8H,5-6,9H2,1H3,(H,15,16). The van der Waals surface area contributed by atoms with Crippen LogP contribution in [0.2, 0.25) is 0 Å². The number of nitrogens with one attached hydrogen (secondary N) is 1. The Labute approximate surface area is 116 Å². The summed E-state index contributed by atoms with van der Waals surface area (Å²) in [5.41, 5.74) is 1.47. The lowest BCUT2D eigenvalue weighted by Crippen LogP contribution is -2.27. The first-order valence-electron chi connectivity index (χ1n) is 6.37. The average molecular weight is 273 g/mol. The van der Waals surface area contributed by atoms with Crippen LogP contribution in [0.15, 0.2) is 30.6 Å². The SMILES string of the molecule is CN(Cc1cn[nH]c1)C(=O)c1cccc2c1OCCO2. The second kappa shape index (κ2) is 5.24. The molecule has 3 rings (SSSR count). The highest BCUT2D eigenvalue weighted by atomic mass is 16.6. The molecule has 0 atom stereocenters. The second-order valence-corrected chi connectivity index (χ2v) is 4.60. The maximum atomic E-state index is 12.5. The Kier molecular flexibility index (Phi) is 3.28. The molecule has 0 fully saturated rings. The molecule has 0 radical (unpaired) electrons. The highest BCUT2D eigenvalue weighted by Crippen LogP contribution is 2.34. The summed E-state index contributed by atoms with van der Waals surface area (Å²) >= 11 is 0. The molecule has 6 heteroatoms. The fraction of sp³-hybridized carbons (Fsp3) is 0.286. The molecule has 2 aromatic rings. The van der Waals surface area contributed by atoms with E-state index < -0.39 is 0 Å². The summed E-state index contributed by atoms with van der Waals surface area (Å²) in [4.78, 5) is 14.1. The van der Waals surface area contributed by atoms with Crippen LogP contribution >= 0.6 is 0 Å². The third-order valence-electron chi connectivity index (χ3n) is 3.12. The normalized spacial score (nSPS) is 13.1. The van der Waals surface area contributed by atoms with Gasteiger partial charge in [0, 0.05) is 25.4 Å². The molecular formula is C14H15N3O3. The topological polar surface area (TPSA) is 67.5 Å². The van der Waals surface area contributed by atoms with Crippen molar-refractivity contribution < 1.29 is 14.3 Å². The first-order valence-corrected chi connectivity index (χ1v) is 6.37. The van der Waals surface area contributed by atoms with Crippen LogP contribution in [0, 0.1) is 0 Å². The number of amides is 1.